The second-order valence-corrected chi connectivity index (χ2v) is 6.55. The van der Waals surface area contributed by atoms with Gasteiger partial charge < -0.3 is 14.5 Å². The van der Waals surface area contributed by atoms with Crippen LogP contribution in [0.3, 0.4) is 0 Å². The predicted octanol–water partition coefficient (Wildman–Crippen LogP) is 3.02. The van der Waals surface area contributed by atoms with Gasteiger partial charge in [-0.2, -0.15) is 0 Å². The maximum Gasteiger partial charge on any atom is 0.227 e. The van der Waals surface area contributed by atoms with Crippen LogP contribution in [0, 0.1) is 0 Å². The molecule has 5 heteroatoms. The fraction of sp³-hybridized carbons (Fsp3) is 0.333. The van der Waals surface area contributed by atoms with Gasteiger partial charge in [-0.15, -0.1) is 0 Å². The minimum atomic E-state index is 0.0425. The average molecular weight is 352 g/mol. The summed E-state index contributed by atoms with van der Waals surface area (Å²) in [5, 5.41) is 0. The highest BCUT2D eigenvalue weighted by Gasteiger charge is 2.21. The standard InChI is InChI=1S/C21H24N2O3/c1-22(15-17-6-3-4-7-19(17)26-2)21(25)14-16-9-11-18(12-10-16)23-13-5-8-20(23)24/h3-4,6-7,9-12H,5,8,13-15H2,1-2H3. The number of carbonyl (C=O) groups is 2. The van der Waals surface area contributed by atoms with Crippen LogP contribution in [0.15, 0.2) is 48.5 Å². The first-order valence-electron chi connectivity index (χ1n) is 8.83. The minimum absolute atomic E-state index is 0.0425. The van der Waals surface area contributed by atoms with E-state index in [4.69, 9.17) is 4.74 Å². The maximum atomic E-state index is 12.5. The Hall–Kier alpha value is -2.82. The molecule has 1 heterocycles. The van der Waals surface area contributed by atoms with E-state index in [2.05, 4.69) is 0 Å². The SMILES string of the molecule is COc1ccccc1CN(C)C(=O)Cc1ccc(N2CCCC2=O)cc1. The van der Waals surface area contributed by atoms with Crippen LogP contribution in [-0.4, -0.2) is 37.4 Å². The van der Waals surface area contributed by atoms with Gasteiger partial charge in [0.1, 0.15) is 5.75 Å². The molecule has 0 atom stereocenters. The van der Waals surface area contributed by atoms with Crippen molar-refractivity contribution in [2.75, 3.05) is 25.6 Å². The number of hydrogen-bond acceptors (Lipinski definition) is 3. The molecule has 0 bridgehead atoms. The van der Waals surface area contributed by atoms with Crippen molar-refractivity contribution in [1.29, 1.82) is 0 Å². The van der Waals surface area contributed by atoms with Crippen molar-refractivity contribution in [3.05, 3.63) is 59.7 Å². The first kappa shape index (κ1) is 18.0. The van der Waals surface area contributed by atoms with E-state index < -0.39 is 0 Å². The molecule has 2 amide bonds. The van der Waals surface area contributed by atoms with Crippen molar-refractivity contribution in [2.45, 2.75) is 25.8 Å². The lowest BCUT2D eigenvalue weighted by Crippen LogP contribution is -2.28. The van der Waals surface area contributed by atoms with Crippen LogP contribution in [0.5, 0.6) is 5.75 Å². The monoisotopic (exact) mass is 352 g/mol. The summed E-state index contributed by atoms with van der Waals surface area (Å²) in [6.45, 7) is 1.28. The van der Waals surface area contributed by atoms with Crippen LogP contribution < -0.4 is 9.64 Å². The molecule has 0 radical (unpaired) electrons. The van der Waals surface area contributed by atoms with Crippen LogP contribution in [0.1, 0.15) is 24.0 Å². The van der Waals surface area contributed by atoms with Gasteiger partial charge in [-0.25, -0.2) is 0 Å². The molecule has 1 saturated heterocycles. The Balaban J connectivity index is 1.61. The largest absolute Gasteiger partial charge is 0.496 e. The van der Waals surface area contributed by atoms with E-state index in [9.17, 15) is 9.59 Å². The first-order valence-corrected chi connectivity index (χ1v) is 8.83. The number of carbonyl (C=O) groups excluding carboxylic acids is 2. The summed E-state index contributed by atoms with van der Waals surface area (Å²) in [4.78, 5) is 27.8. The fourth-order valence-corrected chi connectivity index (χ4v) is 3.20. The molecule has 0 aromatic heterocycles. The number of methoxy groups -OCH3 is 1. The molecule has 1 aliphatic heterocycles. The van der Waals surface area contributed by atoms with Gasteiger partial charge in [-0.1, -0.05) is 30.3 Å². The van der Waals surface area contributed by atoms with Crippen molar-refractivity contribution in [3.8, 4) is 5.75 Å². The number of ether oxygens (including phenoxy) is 1. The van der Waals surface area contributed by atoms with Crippen molar-refractivity contribution in [1.82, 2.24) is 4.90 Å². The number of likely N-dealkylation sites (N-methyl/N-ethyl adjacent to an activating group) is 1. The summed E-state index contributed by atoms with van der Waals surface area (Å²) in [5.74, 6) is 0.998. The summed E-state index contributed by atoms with van der Waals surface area (Å²) in [5.41, 5.74) is 2.83. The predicted molar refractivity (Wildman–Crippen MR) is 101 cm³/mol. The second-order valence-electron chi connectivity index (χ2n) is 6.55. The highest BCUT2D eigenvalue weighted by atomic mass is 16.5. The third-order valence-electron chi connectivity index (χ3n) is 4.70. The van der Waals surface area contributed by atoms with Gasteiger partial charge in [0.2, 0.25) is 11.8 Å². The second kappa shape index (κ2) is 8.04. The smallest absolute Gasteiger partial charge is 0.227 e. The van der Waals surface area contributed by atoms with Crippen LogP contribution in [0.4, 0.5) is 5.69 Å². The zero-order valence-corrected chi connectivity index (χ0v) is 15.3. The topological polar surface area (TPSA) is 49.9 Å². The van der Waals surface area contributed by atoms with Gasteiger partial charge in [0.15, 0.2) is 0 Å². The Morgan fingerprint density at radius 2 is 1.88 bits per heavy atom. The van der Waals surface area contributed by atoms with Gasteiger partial charge >= 0.3 is 0 Å². The summed E-state index contributed by atoms with van der Waals surface area (Å²) in [6.07, 6.45) is 1.86. The summed E-state index contributed by atoms with van der Waals surface area (Å²) in [6, 6.07) is 15.4. The van der Waals surface area contributed by atoms with E-state index in [1.54, 1.807) is 24.0 Å². The molecule has 0 unspecified atom stereocenters. The molecule has 2 aromatic carbocycles. The van der Waals surface area contributed by atoms with Crippen LogP contribution in [0.25, 0.3) is 0 Å². The van der Waals surface area contributed by atoms with Crippen molar-refractivity contribution in [3.63, 3.8) is 0 Å². The zero-order chi connectivity index (χ0) is 18.5. The highest BCUT2D eigenvalue weighted by molar-refractivity contribution is 5.95. The van der Waals surface area contributed by atoms with Gasteiger partial charge in [0.05, 0.1) is 13.5 Å². The molecule has 1 aliphatic rings. The molecule has 0 aliphatic carbocycles. The Labute approximate surface area is 154 Å². The molecule has 5 nitrogen and oxygen atoms in total. The first-order chi connectivity index (χ1) is 12.6. The van der Waals surface area contributed by atoms with Crippen molar-refractivity contribution < 1.29 is 14.3 Å². The third kappa shape index (κ3) is 4.04. The quantitative estimate of drug-likeness (QED) is 0.803. The van der Waals surface area contributed by atoms with E-state index in [1.807, 2.05) is 48.5 Å². The van der Waals surface area contributed by atoms with Gasteiger partial charge in [-0.05, 0) is 30.2 Å². The Morgan fingerprint density at radius 3 is 2.54 bits per heavy atom. The minimum Gasteiger partial charge on any atom is -0.496 e. The van der Waals surface area contributed by atoms with E-state index in [0.29, 0.717) is 19.4 Å². The van der Waals surface area contributed by atoms with Gasteiger partial charge in [0, 0.05) is 37.8 Å². The molecule has 2 aromatic rings. The lowest BCUT2D eigenvalue weighted by Gasteiger charge is -2.19. The van der Waals surface area contributed by atoms with Gasteiger partial charge in [-0.3, -0.25) is 9.59 Å². The number of hydrogen-bond donors (Lipinski definition) is 0. The molecule has 3 rings (SSSR count). The van der Waals surface area contributed by atoms with Crippen molar-refractivity contribution >= 4 is 17.5 Å². The van der Waals surface area contributed by atoms with Crippen molar-refractivity contribution in [2.24, 2.45) is 0 Å². The molecular formula is C21H24N2O3. The van der Waals surface area contributed by atoms with E-state index in [0.717, 1.165) is 35.5 Å². The molecule has 136 valence electrons. The number of anilines is 1. The van der Waals surface area contributed by atoms with E-state index in [1.165, 1.54) is 0 Å². The molecule has 26 heavy (non-hydrogen) atoms. The van der Waals surface area contributed by atoms with Gasteiger partial charge in [0.25, 0.3) is 0 Å². The highest BCUT2D eigenvalue weighted by Crippen LogP contribution is 2.22. The molecule has 0 spiro atoms. The lowest BCUT2D eigenvalue weighted by molar-refractivity contribution is -0.129. The maximum absolute atomic E-state index is 12.5. The molecule has 1 fully saturated rings. The fourth-order valence-electron chi connectivity index (χ4n) is 3.20. The number of nitrogens with zero attached hydrogens (tertiary/aromatic N) is 2. The average Bonchev–Trinajstić information content (AvgIpc) is 3.08. The van der Waals surface area contributed by atoms with Crippen LogP contribution >= 0.6 is 0 Å². The number of rotatable bonds is 6. The summed E-state index contributed by atoms with van der Waals surface area (Å²) >= 11 is 0. The molecule has 0 N–H and O–H groups in total. The Bertz CT molecular complexity index is 786. The summed E-state index contributed by atoms with van der Waals surface area (Å²) in [7, 11) is 3.43. The lowest BCUT2D eigenvalue weighted by atomic mass is 10.1. The van der Waals surface area contributed by atoms with Crippen LogP contribution in [0.2, 0.25) is 0 Å². The zero-order valence-electron chi connectivity index (χ0n) is 15.3. The number of benzene rings is 2. The van der Waals surface area contributed by atoms with E-state index >= 15 is 0 Å². The normalized spacial score (nSPS) is 13.8. The molecular weight excluding hydrogens is 328 g/mol. The number of para-hydroxylation sites is 1. The number of amides is 2. The third-order valence-corrected chi connectivity index (χ3v) is 4.70. The Kier molecular flexibility index (Phi) is 5.56. The van der Waals surface area contributed by atoms with E-state index in [-0.39, 0.29) is 11.8 Å². The molecule has 0 saturated carbocycles. The summed E-state index contributed by atoms with van der Waals surface area (Å²) < 4.78 is 5.34. The van der Waals surface area contributed by atoms with Crippen LogP contribution in [-0.2, 0) is 22.6 Å². The Morgan fingerprint density at radius 1 is 1.15 bits per heavy atom.